The van der Waals surface area contributed by atoms with Crippen molar-refractivity contribution in [1.82, 2.24) is 14.5 Å². The summed E-state index contributed by atoms with van der Waals surface area (Å²) in [6.07, 6.45) is 6.46. The predicted molar refractivity (Wildman–Crippen MR) is 156 cm³/mol. The highest BCUT2D eigenvalue weighted by atomic mass is 32.2. The van der Waals surface area contributed by atoms with Crippen LogP contribution in [0.15, 0.2) is 60.9 Å². The molecule has 1 aliphatic rings. The van der Waals surface area contributed by atoms with Crippen molar-refractivity contribution in [1.29, 1.82) is 5.41 Å². The van der Waals surface area contributed by atoms with Crippen LogP contribution < -0.4 is 11.1 Å². The van der Waals surface area contributed by atoms with Gasteiger partial charge in [0, 0.05) is 64.7 Å². The van der Waals surface area contributed by atoms with E-state index in [-0.39, 0.29) is 17.0 Å². The van der Waals surface area contributed by atoms with Gasteiger partial charge in [0.15, 0.2) is 5.17 Å². The smallest absolute Gasteiger partial charge is 0.261 e. The molecule has 2 amide bonds. The molecule has 3 heterocycles. The molecule has 0 radical (unpaired) electrons. The molecule has 204 valence electrons. The van der Waals surface area contributed by atoms with Crippen LogP contribution in [0.4, 0.5) is 0 Å². The maximum absolute atomic E-state index is 13.1. The van der Waals surface area contributed by atoms with Gasteiger partial charge in [-0.05, 0) is 25.0 Å². The first-order chi connectivity index (χ1) is 18.5. The summed E-state index contributed by atoms with van der Waals surface area (Å²) in [5, 5.41) is 11.9. The molecule has 0 fully saturated rings. The molecule has 0 unspecified atom stereocenters. The second kappa shape index (κ2) is 11.5. The van der Waals surface area contributed by atoms with Crippen molar-refractivity contribution >= 4 is 71.8 Å². The number of fused-ring (bicyclic) bond motifs is 2. The summed E-state index contributed by atoms with van der Waals surface area (Å²) in [6.45, 7) is 0.769. The number of amidine groups is 1. The maximum atomic E-state index is 13.1. The summed E-state index contributed by atoms with van der Waals surface area (Å²) in [7, 11) is -1.73. The van der Waals surface area contributed by atoms with Crippen LogP contribution in [0, 0.1) is 5.41 Å². The fourth-order valence-electron chi connectivity index (χ4n) is 4.71. The molecule has 0 saturated carbocycles. The summed E-state index contributed by atoms with van der Waals surface area (Å²) in [6, 6.07) is 15.9. The number of hydrogen-bond donors (Lipinski definition) is 4. The zero-order valence-corrected chi connectivity index (χ0v) is 23.1. The van der Waals surface area contributed by atoms with Crippen LogP contribution in [-0.4, -0.2) is 51.1 Å². The van der Waals surface area contributed by atoms with E-state index in [9.17, 15) is 18.0 Å². The van der Waals surface area contributed by atoms with E-state index >= 15 is 0 Å². The number of nitrogens with two attached hydrogens (primary N) is 1. The zero-order valence-electron chi connectivity index (χ0n) is 21.5. The average molecular weight is 568 g/mol. The van der Waals surface area contributed by atoms with E-state index in [4.69, 9.17) is 15.7 Å². The molecular weight excluding hydrogens is 538 g/mol. The number of thioether (sulfide) groups is 1. The first-order valence-corrected chi connectivity index (χ1v) is 14.9. The number of benzene rings is 2. The van der Waals surface area contributed by atoms with Crippen molar-refractivity contribution in [3.05, 3.63) is 72.1 Å². The Kier molecular flexibility index (Phi) is 8.28. The largest absolute Gasteiger partial charge is 0.379 e. The van der Waals surface area contributed by atoms with Crippen LogP contribution in [0.1, 0.15) is 24.0 Å². The number of para-hydroxylation sites is 2. The third-order valence-electron chi connectivity index (χ3n) is 6.21. The van der Waals surface area contributed by atoms with Crippen molar-refractivity contribution in [2.75, 3.05) is 12.0 Å². The predicted octanol–water partition coefficient (Wildman–Crippen LogP) is 3.61. The Labute approximate surface area is 230 Å². The molecule has 0 bridgehead atoms. The average Bonchev–Trinajstić information content (AvgIpc) is 3.48. The molecule has 0 aliphatic carbocycles. The molecule has 4 aromatic rings. The van der Waals surface area contributed by atoms with Crippen molar-refractivity contribution in [2.24, 2.45) is 12.8 Å². The molecule has 10 nitrogen and oxygen atoms in total. The van der Waals surface area contributed by atoms with Gasteiger partial charge in [-0.15, -0.1) is 0 Å². The third kappa shape index (κ3) is 6.41. The van der Waals surface area contributed by atoms with Crippen molar-refractivity contribution < 1.29 is 22.6 Å². The summed E-state index contributed by atoms with van der Waals surface area (Å²) in [4.78, 5) is 26.1. The van der Waals surface area contributed by atoms with Crippen LogP contribution in [0.3, 0.4) is 0 Å². The lowest BCUT2D eigenvalue weighted by Crippen LogP contribution is -2.22. The highest BCUT2D eigenvalue weighted by Crippen LogP contribution is 2.38. The molecule has 39 heavy (non-hydrogen) atoms. The standard InChI is InChI=1S/C26H25N5O2S.CH4O3S/c1-30-14-18(16-8-2-4-10-20(16)30)22-23(25(33)29-24(22)32)19-15-31(12-6-7-13-34-26(27)28)21-11-5-3-9-17(19)21;1-5(2,3)4/h2-5,8-11,14-15H,6-7,12-13H2,1H3,(H3,27,28)(H,29,32,33);1H3,(H,2,3,4). The van der Waals surface area contributed by atoms with E-state index in [2.05, 4.69) is 9.88 Å². The number of nitrogens with one attached hydrogen (secondary N) is 2. The third-order valence-corrected chi connectivity index (χ3v) is 7.01. The molecule has 0 spiro atoms. The summed E-state index contributed by atoms with van der Waals surface area (Å²) in [5.41, 5.74) is 9.81. The van der Waals surface area contributed by atoms with Gasteiger partial charge in [-0.25, -0.2) is 0 Å². The summed E-state index contributed by atoms with van der Waals surface area (Å²) in [5.74, 6) is 0.0671. The first-order valence-electron chi connectivity index (χ1n) is 12.1. The lowest BCUT2D eigenvalue weighted by Gasteiger charge is -2.05. The molecule has 12 heteroatoms. The summed E-state index contributed by atoms with van der Waals surface area (Å²) < 4.78 is 30.0. The molecule has 2 aromatic carbocycles. The lowest BCUT2D eigenvalue weighted by molar-refractivity contribution is -0.122. The first kappa shape index (κ1) is 28.1. The number of rotatable bonds is 7. The molecule has 0 atom stereocenters. The minimum absolute atomic E-state index is 0.138. The number of aryl methyl sites for hydroxylation is 2. The van der Waals surface area contributed by atoms with E-state index in [1.165, 1.54) is 11.8 Å². The van der Waals surface area contributed by atoms with Gasteiger partial charge in [0.1, 0.15) is 0 Å². The number of nitrogens with zero attached hydrogens (tertiary/aromatic N) is 2. The topological polar surface area (TPSA) is 160 Å². The SMILES string of the molecule is CS(=O)(=O)O.Cn1cc(C2=C(c3cn(CCCCSC(=N)N)c4ccccc34)C(=O)NC2=O)c2ccccc21. The van der Waals surface area contributed by atoms with Gasteiger partial charge in [-0.1, -0.05) is 48.2 Å². The molecular formula is C27H29N5O5S2. The second-order valence-electron chi connectivity index (χ2n) is 9.11. The number of carbonyl (C=O) groups excluding carboxylic acids is 2. The Morgan fingerprint density at radius 2 is 1.46 bits per heavy atom. The van der Waals surface area contributed by atoms with Gasteiger partial charge in [-0.2, -0.15) is 8.42 Å². The number of amides is 2. The van der Waals surface area contributed by atoms with Gasteiger partial charge in [0.2, 0.25) is 0 Å². The summed E-state index contributed by atoms with van der Waals surface area (Å²) >= 11 is 1.35. The number of aromatic nitrogens is 2. The van der Waals surface area contributed by atoms with Crippen LogP contribution in [0.2, 0.25) is 0 Å². The van der Waals surface area contributed by atoms with E-state index < -0.39 is 10.1 Å². The lowest BCUT2D eigenvalue weighted by atomic mass is 9.95. The Morgan fingerprint density at radius 1 is 0.949 bits per heavy atom. The van der Waals surface area contributed by atoms with E-state index in [0.29, 0.717) is 17.4 Å². The minimum Gasteiger partial charge on any atom is -0.379 e. The van der Waals surface area contributed by atoms with Gasteiger partial charge < -0.3 is 14.9 Å². The normalized spacial score (nSPS) is 13.6. The Bertz CT molecular complexity index is 1730. The minimum atomic E-state index is -3.67. The van der Waals surface area contributed by atoms with Crippen molar-refractivity contribution in [3.63, 3.8) is 0 Å². The number of imide groups is 1. The van der Waals surface area contributed by atoms with E-state index in [1.807, 2.05) is 72.5 Å². The van der Waals surface area contributed by atoms with E-state index in [0.717, 1.165) is 58.1 Å². The Morgan fingerprint density at radius 3 is 2.05 bits per heavy atom. The van der Waals surface area contributed by atoms with Gasteiger partial charge >= 0.3 is 0 Å². The number of carbonyl (C=O) groups is 2. The highest BCUT2D eigenvalue weighted by molar-refractivity contribution is 8.13. The van der Waals surface area contributed by atoms with Gasteiger partial charge in [0.05, 0.1) is 17.4 Å². The van der Waals surface area contributed by atoms with Crippen LogP contribution in [0.25, 0.3) is 33.0 Å². The fourth-order valence-corrected chi connectivity index (χ4v) is 5.28. The van der Waals surface area contributed by atoms with Crippen molar-refractivity contribution in [3.8, 4) is 0 Å². The molecule has 0 saturated heterocycles. The zero-order chi connectivity index (χ0) is 28.3. The molecule has 5 rings (SSSR count). The van der Waals surface area contributed by atoms with Crippen molar-refractivity contribution in [2.45, 2.75) is 19.4 Å². The van der Waals surface area contributed by atoms with E-state index in [1.54, 1.807) is 0 Å². The maximum Gasteiger partial charge on any atom is 0.261 e. The Balaban J connectivity index is 0.000000648. The molecule has 1 aliphatic heterocycles. The number of unbranched alkanes of at least 4 members (excludes halogenated alkanes) is 1. The monoisotopic (exact) mass is 567 g/mol. The second-order valence-corrected chi connectivity index (χ2v) is 11.7. The van der Waals surface area contributed by atoms with Gasteiger partial charge in [0.25, 0.3) is 21.9 Å². The van der Waals surface area contributed by atoms with Crippen LogP contribution >= 0.6 is 11.8 Å². The fraction of sp³-hybridized carbons (Fsp3) is 0.222. The van der Waals surface area contributed by atoms with Crippen LogP contribution in [-0.2, 0) is 33.3 Å². The molecule has 2 aromatic heterocycles. The quantitative estimate of drug-likeness (QED) is 0.0872. The highest BCUT2D eigenvalue weighted by Gasteiger charge is 2.35. The van der Waals surface area contributed by atoms with Gasteiger partial charge in [-0.3, -0.25) is 24.9 Å². The Hall–Kier alpha value is -3.87. The molecule has 5 N–H and O–H groups in total. The van der Waals surface area contributed by atoms with Crippen LogP contribution in [0.5, 0.6) is 0 Å². The number of hydrogen-bond acceptors (Lipinski definition) is 6.